The highest BCUT2D eigenvalue weighted by Crippen LogP contribution is 2.29. The van der Waals surface area contributed by atoms with Crippen molar-refractivity contribution < 1.29 is 13.9 Å². The summed E-state index contributed by atoms with van der Waals surface area (Å²) in [5.41, 5.74) is 6.20. The summed E-state index contributed by atoms with van der Waals surface area (Å²) >= 11 is 0.946. The van der Waals surface area contributed by atoms with Crippen LogP contribution in [0.15, 0.2) is 21.3 Å². The summed E-state index contributed by atoms with van der Waals surface area (Å²) in [7, 11) is 1.46. The van der Waals surface area contributed by atoms with E-state index in [4.69, 9.17) is 14.9 Å². The van der Waals surface area contributed by atoms with E-state index in [1.165, 1.54) is 7.11 Å². The summed E-state index contributed by atoms with van der Waals surface area (Å²) < 4.78 is 10.7. The van der Waals surface area contributed by atoms with Crippen LogP contribution in [0.3, 0.4) is 0 Å². The Balaban J connectivity index is 2.59. The van der Waals surface area contributed by atoms with E-state index < -0.39 is 4.94 Å². The zero-order chi connectivity index (χ0) is 12.4. The lowest BCUT2D eigenvalue weighted by atomic mass is 10.1. The number of hydrogen-bond acceptors (Lipinski definition) is 6. The van der Waals surface area contributed by atoms with E-state index in [9.17, 15) is 9.59 Å². The van der Waals surface area contributed by atoms with Gasteiger partial charge in [0.2, 0.25) is 0 Å². The van der Waals surface area contributed by atoms with Crippen LogP contribution >= 0.6 is 11.3 Å². The SMILES string of the molecule is COc1cc(C(=O)CCN)cc2sc(=O)oc12. The first-order valence-corrected chi connectivity index (χ1v) is 5.82. The van der Waals surface area contributed by atoms with Crippen LogP contribution in [0.5, 0.6) is 5.75 Å². The molecule has 2 rings (SSSR count). The van der Waals surface area contributed by atoms with Gasteiger partial charge in [-0.05, 0) is 18.7 Å². The molecule has 0 radical (unpaired) electrons. The van der Waals surface area contributed by atoms with Crippen molar-refractivity contribution in [3.05, 3.63) is 27.4 Å². The van der Waals surface area contributed by atoms with E-state index in [0.717, 1.165) is 11.3 Å². The third-order valence-electron chi connectivity index (χ3n) is 2.31. The highest BCUT2D eigenvalue weighted by molar-refractivity contribution is 7.16. The molecule has 0 saturated carbocycles. The molecule has 1 aromatic heterocycles. The molecule has 1 heterocycles. The third-order valence-corrected chi connectivity index (χ3v) is 3.09. The Kier molecular flexibility index (Phi) is 3.26. The molecule has 0 aliphatic carbocycles. The van der Waals surface area contributed by atoms with Gasteiger partial charge in [-0.15, -0.1) is 0 Å². The van der Waals surface area contributed by atoms with Gasteiger partial charge in [-0.25, -0.2) is 4.79 Å². The van der Waals surface area contributed by atoms with Crippen LogP contribution < -0.4 is 15.4 Å². The normalized spacial score (nSPS) is 10.7. The van der Waals surface area contributed by atoms with Gasteiger partial charge in [0.1, 0.15) is 0 Å². The molecule has 90 valence electrons. The zero-order valence-corrected chi connectivity index (χ0v) is 10.0. The highest BCUT2D eigenvalue weighted by atomic mass is 32.1. The monoisotopic (exact) mass is 253 g/mol. The number of Topliss-reactive ketones (excluding diaryl/α,β-unsaturated/α-hetero) is 1. The Morgan fingerprint density at radius 3 is 2.94 bits per heavy atom. The molecule has 0 saturated heterocycles. The first-order valence-electron chi connectivity index (χ1n) is 5.00. The fourth-order valence-corrected chi connectivity index (χ4v) is 2.26. The topological polar surface area (TPSA) is 82.5 Å². The molecule has 0 bridgehead atoms. The number of nitrogens with two attached hydrogens (primary N) is 1. The van der Waals surface area contributed by atoms with E-state index in [1.807, 2.05) is 0 Å². The Bertz CT molecular complexity index is 613. The lowest BCUT2D eigenvalue weighted by molar-refractivity contribution is 0.0985. The number of ketones is 1. The van der Waals surface area contributed by atoms with Gasteiger partial charge in [-0.1, -0.05) is 11.3 Å². The van der Waals surface area contributed by atoms with Gasteiger partial charge in [0, 0.05) is 12.0 Å². The van der Waals surface area contributed by atoms with Crippen molar-refractivity contribution in [1.82, 2.24) is 0 Å². The number of hydrogen-bond donors (Lipinski definition) is 1. The Labute approximate surface area is 101 Å². The molecule has 2 N–H and O–H groups in total. The first-order chi connectivity index (χ1) is 8.15. The van der Waals surface area contributed by atoms with Crippen molar-refractivity contribution in [1.29, 1.82) is 0 Å². The highest BCUT2D eigenvalue weighted by Gasteiger charge is 2.14. The molecule has 1 aromatic carbocycles. The number of benzene rings is 1. The maximum Gasteiger partial charge on any atom is 0.396 e. The zero-order valence-electron chi connectivity index (χ0n) is 9.19. The first kappa shape index (κ1) is 11.8. The molecule has 17 heavy (non-hydrogen) atoms. The van der Waals surface area contributed by atoms with Gasteiger partial charge in [-0.3, -0.25) is 4.79 Å². The molecule has 0 aliphatic heterocycles. The molecular weight excluding hydrogens is 242 g/mol. The summed E-state index contributed by atoms with van der Waals surface area (Å²) in [5.74, 6) is 0.315. The van der Waals surface area contributed by atoms with Crippen molar-refractivity contribution >= 4 is 27.4 Å². The lowest BCUT2D eigenvalue weighted by Gasteiger charge is -2.03. The molecule has 0 amide bonds. The quantitative estimate of drug-likeness (QED) is 0.833. The van der Waals surface area contributed by atoms with Crippen LogP contribution in [0.25, 0.3) is 10.3 Å². The third kappa shape index (κ3) is 2.22. The second kappa shape index (κ2) is 4.68. The van der Waals surface area contributed by atoms with E-state index >= 15 is 0 Å². The average Bonchev–Trinajstić information content (AvgIpc) is 2.68. The molecule has 0 atom stereocenters. The summed E-state index contributed by atoms with van der Waals surface area (Å²) in [5, 5.41) is 0. The summed E-state index contributed by atoms with van der Waals surface area (Å²) in [6.07, 6.45) is 0.265. The predicted molar refractivity (Wildman–Crippen MR) is 64.9 cm³/mol. The van der Waals surface area contributed by atoms with Crippen molar-refractivity contribution in [2.45, 2.75) is 6.42 Å². The fraction of sp³-hybridized carbons (Fsp3) is 0.273. The van der Waals surface area contributed by atoms with Crippen LogP contribution in [-0.4, -0.2) is 19.4 Å². The van der Waals surface area contributed by atoms with E-state index in [-0.39, 0.29) is 12.2 Å². The number of ether oxygens (including phenoxy) is 1. The molecular formula is C11H11NO4S. The van der Waals surface area contributed by atoms with Crippen LogP contribution in [0, 0.1) is 0 Å². The minimum absolute atomic E-state index is 0.0754. The minimum Gasteiger partial charge on any atom is -0.493 e. The second-order valence-electron chi connectivity index (χ2n) is 3.42. The molecule has 0 spiro atoms. The van der Waals surface area contributed by atoms with Crippen molar-refractivity contribution in [2.24, 2.45) is 5.73 Å². The Hall–Kier alpha value is -1.66. The van der Waals surface area contributed by atoms with Crippen LogP contribution in [0.1, 0.15) is 16.8 Å². The van der Waals surface area contributed by atoms with Gasteiger partial charge in [0.15, 0.2) is 17.1 Å². The number of rotatable bonds is 4. The van der Waals surface area contributed by atoms with Crippen molar-refractivity contribution in [2.75, 3.05) is 13.7 Å². The number of carbonyl (C=O) groups is 1. The molecule has 2 aromatic rings. The van der Waals surface area contributed by atoms with Gasteiger partial charge >= 0.3 is 4.94 Å². The van der Waals surface area contributed by atoms with Crippen LogP contribution in [0.4, 0.5) is 0 Å². The van der Waals surface area contributed by atoms with Gasteiger partial charge in [0.25, 0.3) is 0 Å². The predicted octanol–water partition coefficient (Wildman–Crippen LogP) is 1.39. The molecule has 5 nitrogen and oxygen atoms in total. The minimum atomic E-state index is -0.415. The van der Waals surface area contributed by atoms with Crippen LogP contribution in [0.2, 0.25) is 0 Å². The Morgan fingerprint density at radius 1 is 1.53 bits per heavy atom. The van der Waals surface area contributed by atoms with E-state index in [2.05, 4.69) is 0 Å². The molecule has 0 aliphatic rings. The van der Waals surface area contributed by atoms with E-state index in [0.29, 0.717) is 28.1 Å². The van der Waals surface area contributed by atoms with Crippen LogP contribution in [-0.2, 0) is 0 Å². The average molecular weight is 253 g/mol. The molecule has 0 unspecified atom stereocenters. The Morgan fingerprint density at radius 2 is 2.29 bits per heavy atom. The number of fused-ring (bicyclic) bond motifs is 1. The number of carbonyl (C=O) groups excluding carboxylic acids is 1. The molecule has 6 heteroatoms. The summed E-state index contributed by atoms with van der Waals surface area (Å²) in [6, 6.07) is 3.20. The smallest absolute Gasteiger partial charge is 0.396 e. The fourth-order valence-electron chi connectivity index (χ4n) is 1.54. The largest absolute Gasteiger partial charge is 0.493 e. The van der Waals surface area contributed by atoms with Crippen molar-refractivity contribution in [3.63, 3.8) is 0 Å². The maximum atomic E-state index is 11.7. The standard InChI is InChI=1S/C11H11NO4S/c1-15-8-4-6(7(13)2-3-12)5-9-10(8)16-11(14)17-9/h4-5H,2-3,12H2,1H3. The van der Waals surface area contributed by atoms with Gasteiger partial charge < -0.3 is 14.9 Å². The van der Waals surface area contributed by atoms with Gasteiger partial charge in [0.05, 0.1) is 11.8 Å². The maximum absolute atomic E-state index is 11.7. The van der Waals surface area contributed by atoms with Crippen molar-refractivity contribution in [3.8, 4) is 5.75 Å². The second-order valence-corrected chi connectivity index (χ2v) is 4.40. The summed E-state index contributed by atoms with van der Waals surface area (Å²) in [6.45, 7) is 0.292. The molecule has 0 fully saturated rings. The lowest BCUT2D eigenvalue weighted by Crippen LogP contribution is -2.08. The van der Waals surface area contributed by atoms with E-state index in [1.54, 1.807) is 12.1 Å². The van der Waals surface area contributed by atoms with Gasteiger partial charge in [-0.2, -0.15) is 0 Å². The summed E-state index contributed by atoms with van der Waals surface area (Å²) in [4.78, 5) is 22.5. The number of methoxy groups -OCH3 is 1.